The standard InChI is InChI=1S/C21H20ClN3O2/c1-12-4-7-17(14(3)8-12)20-23-21(27-24-20)15-9-19(26)25(11-15)16-6-5-13(2)18(22)10-16/h4-8,10,15H,9,11H2,1-3H3. The van der Waals surface area contributed by atoms with E-state index >= 15 is 0 Å². The predicted octanol–water partition coefficient (Wildman–Crippen LogP) is 4.84. The van der Waals surface area contributed by atoms with Crippen molar-refractivity contribution in [1.29, 1.82) is 0 Å². The third-order valence-corrected chi connectivity index (χ3v) is 5.41. The molecule has 1 aliphatic heterocycles. The molecule has 0 aliphatic carbocycles. The molecule has 0 radical (unpaired) electrons. The molecular formula is C21H20ClN3O2. The fraction of sp³-hybridized carbons (Fsp3) is 0.286. The normalized spacial score (nSPS) is 17.0. The third kappa shape index (κ3) is 3.35. The highest BCUT2D eigenvalue weighted by molar-refractivity contribution is 6.31. The predicted molar refractivity (Wildman–Crippen MR) is 105 cm³/mol. The monoisotopic (exact) mass is 381 g/mol. The lowest BCUT2D eigenvalue weighted by Gasteiger charge is -2.17. The van der Waals surface area contributed by atoms with Gasteiger partial charge in [-0.2, -0.15) is 4.98 Å². The molecule has 0 bridgehead atoms. The molecule has 1 atom stereocenters. The molecule has 6 heteroatoms. The van der Waals surface area contributed by atoms with E-state index in [0.29, 0.717) is 29.7 Å². The molecule has 2 heterocycles. The molecule has 1 aromatic heterocycles. The van der Waals surface area contributed by atoms with Crippen LogP contribution in [0.25, 0.3) is 11.4 Å². The van der Waals surface area contributed by atoms with E-state index in [0.717, 1.165) is 22.4 Å². The van der Waals surface area contributed by atoms with E-state index < -0.39 is 0 Å². The van der Waals surface area contributed by atoms with Crippen LogP contribution < -0.4 is 4.90 Å². The van der Waals surface area contributed by atoms with Crippen LogP contribution >= 0.6 is 11.6 Å². The van der Waals surface area contributed by atoms with Crippen LogP contribution in [0.2, 0.25) is 5.02 Å². The van der Waals surface area contributed by atoms with Crippen molar-refractivity contribution in [2.75, 3.05) is 11.4 Å². The van der Waals surface area contributed by atoms with Gasteiger partial charge >= 0.3 is 0 Å². The number of benzene rings is 2. The zero-order valence-corrected chi connectivity index (χ0v) is 16.2. The molecule has 0 spiro atoms. The Hall–Kier alpha value is -2.66. The van der Waals surface area contributed by atoms with Crippen LogP contribution in [0.15, 0.2) is 40.9 Å². The van der Waals surface area contributed by atoms with E-state index in [9.17, 15) is 4.79 Å². The lowest BCUT2D eigenvalue weighted by Crippen LogP contribution is -2.24. The molecular weight excluding hydrogens is 362 g/mol. The minimum absolute atomic E-state index is 0.0335. The Morgan fingerprint density at radius 2 is 1.93 bits per heavy atom. The summed E-state index contributed by atoms with van der Waals surface area (Å²) in [5, 5.41) is 4.78. The van der Waals surface area contributed by atoms with Crippen molar-refractivity contribution in [2.45, 2.75) is 33.1 Å². The molecule has 4 rings (SSSR count). The van der Waals surface area contributed by atoms with E-state index in [4.69, 9.17) is 16.1 Å². The lowest BCUT2D eigenvalue weighted by atomic mass is 10.1. The maximum Gasteiger partial charge on any atom is 0.232 e. The fourth-order valence-electron chi connectivity index (χ4n) is 3.45. The van der Waals surface area contributed by atoms with Crippen molar-refractivity contribution in [2.24, 2.45) is 0 Å². The Balaban J connectivity index is 1.57. The largest absolute Gasteiger partial charge is 0.339 e. The molecule has 1 aliphatic rings. The van der Waals surface area contributed by atoms with Gasteiger partial charge in [0.25, 0.3) is 0 Å². The highest BCUT2D eigenvalue weighted by atomic mass is 35.5. The second-order valence-corrected chi connectivity index (χ2v) is 7.52. The van der Waals surface area contributed by atoms with Gasteiger partial charge in [-0.25, -0.2) is 0 Å². The van der Waals surface area contributed by atoms with Crippen molar-refractivity contribution in [3.05, 3.63) is 64.0 Å². The molecule has 1 amide bonds. The minimum atomic E-state index is -0.121. The number of amides is 1. The smallest absolute Gasteiger partial charge is 0.232 e. The third-order valence-electron chi connectivity index (χ3n) is 5.01. The molecule has 1 fully saturated rings. The number of carbonyl (C=O) groups is 1. The van der Waals surface area contributed by atoms with E-state index in [1.165, 1.54) is 5.56 Å². The first-order valence-electron chi connectivity index (χ1n) is 8.90. The maximum atomic E-state index is 12.5. The summed E-state index contributed by atoms with van der Waals surface area (Å²) in [4.78, 5) is 18.8. The number of hydrogen-bond donors (Lipinski definition) is 0. The second-order valence-electron chi connectivity index (χ2n) is 7.11. The van der Waals surface area contributed by atoms with Crippen LogP contribution in [0.1, 0.15) is 34.9 Å². The number of anilines is 1. The van der Waals surface area contributed by atoms with E-state index in [1.807, 2.05) is 44.2 Å². The van der Waals surface area contributed by atoms with E-state index in [-0.39, 0.29) is 11.8 Å². The van der Waals surface area contributed by atoms with Crippen LogP contribution in [-0.2, 0) is 4.79 Å². The first kappa shape index (κ1) is 17.7. The zero-order valence-electron chi connectivity index (χ0n) is 15.5. The topological polar surface area (TPSA) is 59.2 Å². The van der Waals surface area contributed by atoms with Gasteiger partial charge in [-0.1, -0.05) is 46.6 Å². The summed E-state index contributed by atoms with van der Waals surface area (Å²) in [6, 6.07) is 11.8. The first-order chi connectivity index (χ1) is 12.9. The van der Waals surface area contributed by atoms with Crippen LogP contribution in [0, 0.1) is 20.8 Å². The quantitative estimate of drug-likeness (QED) is 0.651. The number of rotatable bonds is 3. The molecule has 2 aromatic carbocycles. The summed E-state index contributed by atoms with van der Waals surface area (Å²) in [6.07, 6.45) is 0.347. The molecule has 1 unspecified atom stereocenters. The first-order valence-corrected chi connectivity index (χ1v) is 9.28. The van der Waals surface area contributed by atoms with E-state index in [2.05, 4.69) is 23.1 Å². The SMILES string of the molecule is Cc1ccc(-c2noc(C3CC(=O)N(c4ccc(C)c(Cl)c4)C3)n2)c(C)c1. The number of carbonyl (C=O) groups excluding carboxylic acids is 1. The van der Waals surface area contributed by atoms with Crippen molar-refractivity contribution in [3.8, 4) is 11.4 Å². The average Bonchev–Trinajstić information content (AvgIpc) is 3.24. The Labute approximate surface area is 163 Å². The number of halogens is 1. The molecule has 0 saturated carbocycles. The number of aromatic nitrogens is 2. The van der Waals surface area contributed by atoms with Gasteiger partial charge in [0.1, 0.15) is 0 Å². The van der Waals surface area contributed by atoms with Gasteiger partial charge in [-0.15, -0.1) is 0 Å². The van der Waals surface area contributed by atoms with Gasteiger partial charge in [-0.3, -0.25) is 4.79 Å². The summed E-state index contributed by atoms with van der Waals surface area (Å²) in [6.45, 7) is 6.52. The summed E-state index contributed by atoms with van der Waals surface area (Å²) in [5.74, 6) is 0.974. The summed E-state index contributed by atoms with van der Waals surface area (Å²) in [5.41, 5.74) is 5.02. The molecule has 27 heavy (non-hydrogen) atoms. The maximum absolute atomic E-state index is 12.5. The number of nitrogens with zero attached hydrogens (tertiary/aromatic N) is 3. The Morgan fingerprint density at radius 1 is 1.11 bits per heavy atom. The molecule has 1 saturated heterocycles. The number of hydrogen-bond acceptors (Lipinski definition) is 4. The van der Waals surface area contributed by atoms with Crippen LogP contribution in [-0.4, -0.2) is 22.6 Å². The van der Waals surface area contributed by atoms with Crippen molar-refractivity contribution in [1.82, 2.24) is 10.1 Å². The summed E-state index contributed by atoms with van der Waals surface area (Å²) < 4.78 is 5.50. The van der Waals surface area contributed by atoms with Gasteiger partial charge in [0.15, 0.2) is 0 Å². The molecule has 3 aromatic rings. The Morgan fingerprint density at radius 3 is 2.67 bits per heavy atom. The van der Waals surface area contributed by atoms with Gasteiger partial charge in [-0.05, 0) is 44.0 Å². The van der Waals surface area contributed by atoms with Crippen molar-refractivity contribution >= 4 is 23.2 Å². The van der Waals surface area contributed by atoms with Crippen LogP contribution in [0.3, 0.4) is 0 Å². The van der Waals surface area contributed by atoms with E-state index in [1.54, 1.807) is 4.90 Å². The summed E-state index contributed by atoms with van der Waals surface area (Å²) >= 11 is 6.21. The van der Waals surface area contributed by atoms with Crippen LogP contribution in [0.4, 0.5) is 5.69 Å². The fourth-order valence-corrected chi connectivity index (χ4v) is 3.62. The zero-order chi connectivity index (χ0) is 19.1. The van der Waals surface area contributed by atoms with Gasteiger partial charge in [0.05, 0.1) is 5.92 Å². The molecule has 0 N–H and O–H groups in total. The highest BCUT2D eigenvalue weighted by Crippen LogP contribution is 2.34. The second kappa shape index (κ2) is 6.82. The van der Waals surface area contributed by atoms with Gasteiger partial charge in [0, 0.05) is 29.2 Å². The average molecular weight is 382 g/mol. The molecule has 5 nitrogen and oxygen atoms in total. The van der Waals surface area contributed by atoms with Crippen LogP contribution in [0.5, 0.6) is 0 Å². The number of aryl methyl sites for hydroxylation is 3. The Kier molecular flexibility index (Phi) is 4.48. The Bertz CT molecular complexity index is 1030. The molecule has 138 valence electrons. The summed E-state index contributed by atoms with van der Waals surface area (Å²) in [7, 11) is 0. The highest BCUT2D eigenvalue weighted by Gasteiger charge is 2.35. The minimum Gasteiger partial charge on any atom is -0.339 e. The lowest BCUT2D eigenvalue weighted by molar-refractivity contribution is -0.117. The van der Waals surface area contributed by atoms with Crippen molar-refractivity contribution in [3.63, 3.8) is 0 Å². The van der Waals surface area contributed by atoms with Gasteiger partial charge < -0.3 is 9.42 Å². The van der Waals surface area contributed by atoms with Gasteiger partial charge in [0.2, 0.25) is 17.6 Å². The van der Waals surface area contributed by atoms with Crippen molar-refractivity contribution < 1.29 is 9.32 Å².